The van der Waals surface area contributed by atoms with Gasteiger partial charge in [0.15, 0.2) is 0 Å². The van der Waals surface area contributed by atoms with E-state index in [-0.39, 0.29) is 16.3 Å². The summed E-state index contributed by atoms with van der Waals surface area (Å²) in [4.78, 5) is 22.7. The summed E-state index contributed by atoms with van der Waals surface area (Å²) in [5, 5.41) is 16.2. The summed E-state index contributed by atoms with van der Waals surface area (Å²) in [5.74, 6) is -0.530. The molecule has 0 aliphatic rings. The number of nitrogens with zero attached hydrogens (tertiary/aromatic N) is 2. The molecule has 1 aromatic carbocycles. The second kappa shape index (κ2) is 6.27. The van der Waals surface area contributed by atoms with Crippen LogP contribution in [0.3, 0.4) is 0 Å². The van der Waals surface area contributed by atoms with E-state index in [4.69, 9.17) is 11.6 Å². The molecule has 6 nitrogen and oxygen atoms in total. The lowest BCUT2D eigenvalue weighted by Gasteiger charge is -2.02. The van der Waals surface area contributed by atoms with Gasteiger partial charge in [0.05, 0.1) is 21.7 Å². The van der Waals surface area contributed by atoms with Crippen molar-refractivity contribution >= 4 is 40.7 Å². The fourth-order valence-corrected chi connectivity index (χ4v) is 2.23. The molecule has 1 aromatic heterocycles. The molecule has 102 valence electrons. The summed E-state index contributed by atoms with van der Waals surface area (Å²) >= 11 is 7.31. The number of halogens is 1. The highest BCUT2D eigenvalue weighted by Crippen LogP contribution is 2.22. The van der Waals surface area contributed by atoms with Crippen LogP contribution in [0, 0.1) is 10.1 Å². The summed E-state index contributed by atoms with van der Waals surface area (Å²) in [6, 6.07) is 7.33. The van der Waals surface area contributed by atoms with Crippen molar-refractivity contribution in [3.63, 3.8) is 0 Å². The molecule has 2 aromatic rings. The van der Waals surface area contributed by atoms with E-state index in [0.717, 1.165) is 10.9 Å². The number of hydrazone groups is 1. The highest BCUT2D eigenvalue weighted by atomic mass is 35.5. The van der Waals surface area contributed by atoms with Gasteiger partial charge in [0, 0.05) is 17.0 Å². The van der Waals surface area contributed by atoms with Gasteiger partial charge < -0.3 is 0 Å². The Morgan fingerprint density at radius 2 is 2.25 bits per heavy atom. The molecule has 1 heterocycles. The Kier molecular flexibility index (Phi) is 4.44. The Balaban J connectivity index is 2.08. The number of non-ortho nitro benzene ring substituents is 1. The van der Waals surface area contributed by atoms with Crippen LogP contribution in [0.4, 0.5) is 5.69 Å². The van der Waals surface area contributed by atoms with Crippen molar-refractivity contribution in [3.05, 3.63) is 61.3 Å². The van der Waals surface area contributed by atoms with Crippen LogP contribution in [0.1, 0.15) is 15.2 Å². The van der Waals surface area contributed by atoms with Crippen molar-refractivity contribution in [2.24, 2.45) is 5.10 Å². The van der Waals surface area contributed by atoms with Crippen molar-refractivity contribution in [3.8, 4) is 0 Å². The Morgan fingerprint density at radius 3 is 2.85 bits per heavy atom. The second-order valence-electron chi connectivity index (χ2n) is 3.64. The Hall–Kier alpha value is -2.25. The van der Waals surface area contributed by atoms with Crippen LogP contribution in [0.2, 0.25) is 5.02 Å². The summed E-state index contributed by atoms with van der Waals surface area (Å²) in [6.07, 6.45) is 1.50. The average Bonchev–Trinajstić information content (AvgIpc) is 2.91. The van der Waals surface area contributed by atoms with Crippen LogP contribution in [0.25, 0.3) is 0 Å². The summed E-state index contributed by atoms with van der Waals surface area (Å²) in [7, 11) is 0. The fraction of sp³-hybridized carbons (Fsp3) is 0. The predicted octanol–water partition coefficient (Wildman–Crippen LogP) is 3.07. The summed E-state index contributed by atoms with van der Waals surface area (Å²) < 4.78 is 0. The smallest absolute Gasteiger partial charge is 0.267 e. The van der Waals surface area contributed by atoms with E-state index in [2.05, 4.69) is 10.5 Å². The molecule has 0 saturated heterocycles. The molecule has 0 radical (unpaired) electrons. The van der Waals surface area contributed by atoms with Crippen LogP contribution in [-0.2, 0) is 0 Å². The molecule has 2 rings (SSSR count). The normalized spacial score (nSPS) is 10.7. The first kappa shape index (κ1) is 14.2. The van der Waals surface area contributed by atoms with E-state index < -0.39 is 10.8 Å². The third-order valence-electron chi connectivity index (χ3n) is 2.31. The van der Waals surface area contributed by atoms with Gasteiger partial charge in [-0.1, -0.05) is 17.7 Å². The SMILES string of the molecule is O=C(N/N=C\c1cccs1)c1ccc([N+](=O)[O-])cc1Cl. The number of amides is 1. The molecule has 0 unspecified atom stereocenters. The van der Waals surface area contributed by atoms with E-state index in [1.165, 1.54) is 29.7 Å². The van der Waals surface area contributed by atoms with Crippen LogP contribution >= 0.6 is 22.9 Å². The molecule has 0 bridgehead atoms. The first-order chi connectivity index (χ1) is 9.58. The summed E-state index contributed by atoms with van der Waals surface area (Å²) in [6.45, 7) is 0. The number of carbonyl (C=O) groups is 1. The van der Waals surface area contributed by atoms with Gasteiger partial charge in [-0.15, -0.1) is 11.3 Å². The molecule has 8 heteroatoms. The number of hydrogen-bond donors (Lipinski definition) is 1. The van der Waals surface area contributed by atoms with Gasteiger partial charge in [-0.3, -0.25) is 14.9 Å². The van der Waals surface area contributed by atoms with E-state index in [0.29, 0.717) is 0 Å². The number of rotatable bonds is 4. The Bertz CT molecular complexity index is 671. The zero-order valence-electron chi connectivity index (χ0n) is 9.95. The van der Waals surface area contributed by atoms with Gasteiger partial charge in [0.25, 0.3) is 11.6 Å². The number of nitrogens with one attached hydrogen (secondary N) is 1. The molecule has 0 aliphatic carbocycles. The zero-order valence-corrected chi connectivity index (χ0v) is 11.5. The van der Waals surface area contributed by atoms with Crippen molar-refractivity contribution < 1.29 is 9.72 Å². The molecule has 0 atom stereocenters. The van der Waals surface area contributed by atoms with Crippen LogP contribution in [0.15, 0.2) is 40.8 Å². The highest BCUT2D eigenvalue weighted by Gasteiger charge is 2.14. The number of nitro groups is 1. The van der Waals surface area contributed by atoms with Gasteiger partial charge in [0.1, 0.15) is 0 Å². The quantitative estimate of drug-likeness (QED) is 0.535. The van der Waals surface area contributed by atoms with Crippen molar-refractivity contribution in [1.82, 2.24) is 5.43 Å². The lowest BCUT2D eigenvalue weighted by atomic mass is 10.2. The number of nitro benzene ring substituents is 1. The van der Waals surface area contributed by atoms with Crippen molar-refractivity contribution in [2.75, 3.05) is 0 Å². The van der Waals surface area contributed by atoms with E-state index in [1.807, 2.05) is 17.5 Å². The number of thiophene rings is 1. The number of hydrogen-bond acceptors (Lipinski definition) is 5. The van der Waals surface area contributed by atoms with Crippen molar-refractivity contribution in [1.29, 1.82) is 0 Å². The maximum Gasteiger partial charge on any atom is 0.272 e. The third-order valence-corrected chi connectivity index (χ3v) is 3.43. The van der Waals surface area contributed by atoms with E-state index in [9.17, 15) is 14.9 Å². The minimum atomic E-state index is -0.581. The van der Waals surface area contributed by atoms with Crippen LogP contribution in [-0.4, -0.2) is 17.0 Å². The Labute approximate surface area is 122 Å². The molecule has 1 amide bonds. The van der Waals surface area contributed by atoms with E-state index >= 15 is 0 Å². The lowest BCUT2D eigenvalue weighted by molar-refractivity contribution is -0.384. The average molecular weight is 310 g/mol. The topological polar surface area (TPSA) is 84.6 Å². The molecule has 0 spiro atoms. The molecule has 20 heavy (non-hydrogen) atoms. The molecule has 1 N–H and O–H groups in total. The van der Waals surface area contributed by atoms with Gasteiger partial charge >= 0.3 is 0 Å². The lowest BCUT2D eigenvalue weighted by Crippen LogP contribution is -2.18. The number of benzene rings is 1. The minimum Gasteiger partial charge on any atom is -0.267 e. The van der Waals surface area contributed by atoms with Gasteiger partial charge in [-0.2, -0.15) is 5.10 Å². The highest BCUT2D eigenvalue weighted by molar-refractivity contribution is 7.11. The summed E-state index contributed by atoms with van der Waals surface area (Å²) in [5.41, 5.74) is 2.26. The monoisotopic (exact) mass is 309 g/mol. The maximum absolute atomic E-state index is 11.8. The fourth-order valence-electron chi connectivity index (χ4n) is 1.38. The van der Waals surface area contributed by atoms with Crippen molar-refractivity contribution in [2.45, 2.75) is 0 Å². The molecule has 0 aliphatic heterocycles. The first-order valence-electron chi connectivity index (χ1n) is 5.39. The van der Waals surface area contributed by atoms with Crippen LogP contribution in [0.5, 0.6) is 0 Å². The van der Waals surface area contributed by atoms with E-state index in [1.54, 1.807) is 0 Å². The number of carbonyl (C=O) groups excluding carboxylic acids is 1. The molecule has 0 saturated carbocycles. The third kappa shape index (κ3) is 3.40. The molecular formula is C12H8ClN3O3S. The standard InChI is InChI=1S/C12H8ClN3O3S/c13-11-6-8(16(18)19)3-4-10(11)12(17)15-14-7-9-2-1-5-20-9/h1-7H,(H,15,17)/b14-7-. The molecule has 0 fully saturated rings. The Morgan fingerprint density at radius 1 is 1.45 bits per heavy atom. The second-order valence-corrected chi connectivity index (χ2v) is 5.02. The largest absolute Gasteiger partial charge is 0.272 e. The first-order valence-corrected chi connectivity index (χ1v) is 6.64. The van der Waals surface area contributed by atoms with Gasteiger partial charge in [-0.25, -0.2) is 5.43 Å². The predicted molar refractivity (Wildman–Crippen MR) is 77.5 cm³/mol. The van der Waals surface area contributed by atoms with Crippen LogP contribution < -0.4 is 5.43 Å². The van der Waals surface area contributed by atoms with Gasteiger partial charge in [-0.05, 0) is 17.5 Å². The molecular weight excluding hydrogens is 302 g/mol. The zero-order chi connectivity index (χ0) is 14.5. The maximum atomic E-state index is 11.8. The minimum absolute atomic E-state index is 0.00280. The van der Waals surface area contributed by atoms with Gasteiger partial charge in [0.2, 0.25) is 0 Å².